The predicted molar refractivity (Wildman–Crippen MR) is 127 cm³/mol. The van der Waals surface area contributed by atoms with Crippen LogP contribution < -0.4 is 10.6 Å². The monoisotopic (exact) mass is 471 g/mol. The second-order valence-corrected chi connectivity index (χ2v) is 7.65. The molecule has 184 valence electrons. The van der Waals surface area contributed by atoms with Crippen LogP contribution in [-0.4, -0.2) is 60.9 Å². The summed E-state index contributed by atoms with van der Waals surface area (Å²) in [7, 11) is 0. The third kappa shape index (κ3) is 11.9. The van der Waals surface area contributed by atoms with Crippen molar-refractivity contribution in [3.05, 3.63) is 71.8 Å². The molecule has 2 aromatic rings. The standard InChI is InChI=1S/C25H33N3O6/c29-23(30)18-28(25(32)34-20-22-12-5-2-6-13-22)17-9-15-26-14-7-8-16-27-24(31)33-19-21-10-3-1-4-11-21/h1-6,10-13,26H,7-9,14-20H2,(H,27,31)(H,29,30). The number of alkyl carbamates (subject to hydrolysis) is 1. The molecule has 0 aromatic heterocycles. The largest absolute Gasteiger partial charge is 0.480 e. The Labute approximate surface area is 200 Å². The summed E-state index contributed by atoms with van der Waals surface area (Å²) < 4.78 is 10.4. The first kappa shape index (κ1) is 26.7. The number of aliphatic carboxylic acids is 1. The van der Waals surface area contributed by atoms with E-state index in [1.807, 2.05) is 60.7 Å². The number of carboxylic acid groups (broad SMARTS) is 1. The van der Waals surface area contributed by atoms with Crippen LogP contribution in [0.25, 0.3) is 0 Å². The number of ether oxygens (including phenoxy) is 2. The van der Waals surface area contributed by atoms with E-state index in [0.29, 0.717) is 19.5 Å². The molecule has 2 rings (SSSR count). The molecule has 0 spiro atoms. The van der Waals surface area contributed by atoms with Crippen molar-refractivity contribution in [3.8, 4) is 0 Å². The van der Waals surface area contributed by atoms with Gasteiger partial charge in [0, 0.05) is 13.1 Å². The van der Waals surface area contributed by atoms with Gasteiger partial charge in [-0.15, -0.1) is 0 Å². The number of unbranched alkanes of at least 4 members (excludes halogenated alkanes) is 1. The van der Waals surface area contributed by atoms with E-state index < -0.39 is 24.7 Å². The Balaban J connectivity index is 1.51. The first-order valence-corrected chi connectivity index (χ1v) is 11.4. The number of rotatable bonds is 15. The molecule has 9 nitrogen and oxygen atoms in total. The molecule has 0 saturated heterocycles. The Bertz CT molecular complexity index is 863. The van der Waals surface area contributed by atoms with Crippen molar-refractivity contribution in [1.29, 1.82) is 0 Å². The molecule has 34 heavy (non-hydrogen) atoms. The van der Waals surface area contributed by atoms with Crippen molar-refractivity contribution in [2.24, 2.45) is 0 Å². The number of hydrogen-bond donors (Lipinski definition) is 3. The molecule has 0 fully saturated rings. The highest BCUT2D eigenvalue weighted by atomic mass is 16.6. The van der Waals surface area contributed by atoms with Crippen LogP contribution in [0.4, 0.5) is 9.59 Å². The molecular weight excluding hydrogens is 438 g/mol. The van der Waals surface area contributed by atoms with Crippen LogP contribution in [0.15, 0.2) is 60.7 Å². The van der Waals surface area contributed by atoms with E-state index in [2.05, 4.69) is 10.6 Å². The van der Waals surface area contributed by atoms with Gasteiger partial charge in [-0.1, -0.05) is 60.7 Å². The Morgan fingerprint density at radius 2 is 1.32 bits per heavy atom. The van der Waals surface area contributed by atoms with Crippen molar-refractivity contribution in [1.82, 2.24) is 15.5 Å². The third-order valence-electron chi connectivity index (χ3n) is 4.83. The highest BCUT2D eigenvalue weighted by Gasteiger charge is 2.17. The lowest BCUT2D eigenvalue weighted by atomic mass is 10.2. The van der Waals surface area contributed by atoms with E-state index in [4.69, 9.17) is 14.6 Å². The molecule has 9 heteroatoms. The number of benzene rings is 2. The lowest BCUT2D eigenvalue weighted by Crippen LogP contribution is -2.37. The van der Waals surface area contributed by atoms with Gasteiger partial charge >= 0.3 is 18.2 Å². The normalized spacial score (nSPS) is 10.4. The van der Waals surface area contributed by atoms with Gasteiger partial charge in [0.2, 0.25) is 0 Å². The summed E-state index contributed by atoms with van der Waals surface area (Å²) in [6, 6.07) is 18.7. The lowest BCUT2D eigenvalue weighted by molar-refractivity contribution is -0.138. The maximum Gasteiger partial charge on any atom is 0.410 e. The van der Waals surface area contributed by atoms with Crippen molar-refractivity contribution in [3.63, 3.8) is 0 Å². The molecule has 0 unspecified atom stereocenters. The van der Waals surface area contributed by atoms with E-state index in [0.717, 1.165) is 30.5 Å². The van der Waals surface area contributed by atoms with Crippen LogP contribution in [0.3, 0.4) is 0 Å². The van der Waals surface area contributed by atoms with E-state index in [1.54, 1.807) is 0 Å². The number of nitrogens with zero attached hydrogens (tertiary/aromatic N) is 1. The van der Waals surface area contributed by atoms with E-state index in [-0.39, 0.29) is 19.8 Å². The van der Waals surface area contributed by atoms with Gasteiger partial charge < -0.3 is 25.2 Å². The van der Waals surface area contributed by atoms with Gasteiger partial charge in [0.05, 0.1) is 0 Å². The number of nitrogens with one attached hydrogen (secondary N) is 2. The van der Waals surface area contributed by atoms with Gasteiger partial charge in [0.15, 0.2) is 0 Å². The van der Waals surface area contributed by atoms with E-state index in [9.17, 15) is 14.4 Å². The van der Waals surface area contributed by atoms with Gasteiger partial charge in [-0.3, -0.25) is 9.69 Å². The first-order chi connectivity index (χ1) is 16.5. The minimum absolute atomic E-state index is 0.0991. The fourth-order valence-corrected chi connectivity index (χ4v) is 3.07. The molecule has 2 amide bonds. The summed E-state index contributed by atoms with van der Waals surface area (Å²) in [5.74, 6) is -1.08. The molecule has 0 radical (unpaired) electrons. The van der Waals surface area contributed by atoms with E-state index >= 15 is 0 Å². The van der Waals surface area contributed by atoms with Crippen molar-refractivity contribution in [2.45, 2.75) is 32.5 Å². The SMILES string of the molecule is O=C(O)CN(CCCNCCCCNC(=O)OCc1ccccc1)C(=O)OCc1ccccc1. The number of carbonyl (C=O) groups excluding carboxylic acids is 2. The molecule has 2 aromatic carbocycles. The summed E-state index contributed by atoms with van der Waals surface area (Å²) in [4.78, 5) is 36.2. The average Bonchev–Trinajstić information content (AvgIpc) is 2.85. The molecule has 3 N–H and O–H groups in total. The van der Waals surface area contributed by atoms with Crippen molar-refractivity contribution in [2.75, 3.05) is 32.7 Å². The summed E-state index contributed by atoms with van der Waals surface area (Å²) in [6.45, 7) is 2.12. The Hall–Kier alpha value is -3.59. The summed E-state index contributed by atoms with van der Waals surface area (Å²) >= 11 is 0. The van der Waals surface area contributed by atoms with Crippen LogP contribution in [0, 0.1) is 0 Å². The zero-order valence-corrected chi connectivity index (χ0v) is 19.3. The summed E-state index contributed by atoms with van der Waals surface area (Å²) in [5.41, 5.74) is 1.78. The summed E-state index contributed by atoms with van der Waals surface area (Å²) in [5, 5.41) is 15.0. The Morgan fingerprint density at radius 3 is 1.94 bits per heavy atom. The van der Waals surface area contributed by atoms with Gasteiger partial charge in [0.1, 0.15) is 19.8 Å². The van der Waals surface area contributed by atoms with E-state index in [1.165, 1.54) is 4.90 Å². The Kier molecular flexibility index (Phi) is 12.6. The second-order valence-electron chi connectivity index (χ2n) is 7.65. The molecule has 0 aliphatic heterocycles. The number of hydrogen-bond acceptors (Lipinski definition) is 6. The minimum atomic E-state index is -1.08. The minimum Gasteiger partial charge on any atom is -0.480 e. The topological polar surface area (TPSA) is 117 Å². The van der Waals surface area contributed by atoms with Gasteiger partial charge in [-0.2, -0.15) is 0 Å². The smallest absolute Gasteiger partial charge is 0.410 e. The quantitative estimate of drug-likeness (QED) is 0.341. The van der Waals surface area contributed by atoms with Gasteiger partial charge in [-0.05, 0) is 43.5 Å². The molecular formula is C25H33N3O6. The molecule has 0 bridgehead atoms. The van der Waals surface area contributed by atoms with Gasteiger partial charge in [-0.25, -0.2) is 9.59 Å². The highest BCUT2D eigenvalue weighted by molar-refractivity contribution is 5.76. The van der Waals surface area contributed by atoms with Crippen LogP contribution in [0.1, 0.15) is 30.4 Å². The fraction of sp³-hybridized carbons (Fsp3) is 0.400. The molecule has 0 saturated carbocycles. The zero-order valence-electron chi connectivity index (χ0n) is 19.3. The molecule has 0 atom stereocenters. The number of carboxylic acids is 1. The maximum absolute atomic E-state index is 12.2. The third-order valence-corrected chi connectivity index (χ3v) is 4.83. The van der Waals surface area contributed by atoms with Crippen LogP contribution in [-0.2, 0) is 27.5 Å². The Morgan fingerprint density at radius 1 is 0.765 bits per heavy atom. The second kappa shape index (κ2) is 16.1. The zero-order chi connectivity index (χ0) is 24.4. The molecule has 0 aliphatic carbocycles. The summed E-state index contributed by atoms with van der Waals surface area (Å²) in [6.07, 6.45) is 1.17. The maximum atomic E-state index is 12.2. The first-order valence-electron chi connectivity index (χ1n) is 11.4. The van der Waals surface area contributed by atoms with Crippen LogP contribution in [0.2, 0.25) is 0 Å². The lowest BCUT2D eigenvalue weighted by Gasteiger charge is -2.20. The molecule has 0 aliphatic rings. The average molecular weight is 472 g/mol. The predicted octanol–water partition coefficient (Wildman–Crippen LogP) is 3.40. The highest BCUT2D eigenvalue weighted by Crippen LogP contribution is 2.04. The van der Waals surface area contributed by atoms with Crippen molar-refractivity contribution >= 4 is 18.2 Å². The van der Waals surface area contributed by atoms with Crippen LogP contribution in [0.5, 0.6) is 0 Å². The van der Waals surface area contributed by atoms with Gasteiger partial charge in [0.25, 0.3) is 0 Å². The van der Waals surface area contributed by atoms with Crippen LogP contribution >= 0.6 is 0 Å². The fourth-order valence-electron chi connectivity index (χ4n) is 3.07. The van der Waals surface area contributed by atoms with Crippen molar-refractivity contribution < 1.29 is 29.0 Å². The number of carbonyl (C=O) groups is 3. The molecule has 0 heterocycles. The number of amides is 2.